The molecule has 104 valence electrons. The van der Waals surface area contributed by atoms with Crippen LogP contribution in [0.3, 0.4) is 0 Å². The summed E-state index contributed by atoms with van der Waals surface area (Å²) in [4.78, 5) is 24.4. The Labute approximate surface area is 110 Å². The molecule has 1 atom stereocenters. The third-order valence-electron chi connectivity index (χ3n) is 2.89. The van der Waals surface area contributed by atoms with Crippen molar-refractivity contribution in [1.82, 2.24) is 19.9 Å². The van der Waals surface area contributed by atoms with Crippen LogP contribution in [-0.4, -0.2) is 56.0 Å². The first-order valence-corrected chi connectivity index (χ1v) is 6.18. The fourth-order valence-corrected chi connectivity index (χ4v) is 2.03. The number of nitrogens with zero attached hydrogens (tertiary/aromatic N) is 4. The lowest BCUT2D eigenvalue weighted by Gasteiger charge is -2.29. The monoisotopic (exact) mass is 267 g/mol. The number of aliphatic hydroxyl groups excluding tert-OH is 1. The summed E-state index contributed by atoms with van der Waals surface area (Å²) < 4.78 is 1.37. The second-order valence-electron chi connectivity index (χ2n) is 4.62. The van der Waals surface area contributed by atoms with Gasteiger partial charge < -0.3 is 15.3 Å². The highest BCUT2D eigenvalue weighted by atomic mass is 16.3. The average molecular weight is 267 g/mol. The Balaban J connectivity index is 1.91. The molecule has 1 saturated heterocycles. The van der Waals surface area contributed by atoms with E-state index in [1.807, 2.05) is 0 Å². The Morgan fingerprint density at radius 2 is 2.37 bits per heavy atom. The molecule has 0 bridgehead atoms. The summed E-state index contributed by atoms with van der Waals surface area (Å²) in [5.74, 6) is -0.0328. The SMILES string of the molecule is CC(=O)Nc1cn(CC(=O)N2CCCC(O)C2)nn1. The molecule has 1 aromatic heterocycles. The Morgan fingerprint density at radius 3 is 3.05 bits per heavy atom. The Hall–Kier alpha value is -1.96. The van der Waals surface area contributed by atoms with Crippen LogP contribution >= 0.6 is 0 Å². The Morgan fingerprint density at radius 1 is 1.58 bits per heavy atom. The predicted molar refractivity (Wildman–Crippen MR) is 66.1 cm³/mol. The van der Waals surface area contributed by atoms with Crippen LogP contribution in [0.15, 0.2) is 6.20 Å². The van der Waals surface area contributed by atoms with E-state index < -0.39 is 6.10 Å². The number of carbonyl (C=O) groups excluding carboxylic acids is 2. The van der Waals surface area contributed by atoms with Gasteiger partial charge in [-0.15, -0.1) is 5.10 Å². The standard InChI is InChI=1S/C11H17N5O3/c1-8(17)12-10-6-16(14-13-10)7-11(19)15-4-2-3-9(18)5-15/h6,9,18H,2-5,7H2,1H3,(H,12,17). The predicted octanol–water partition coefficient (Wildman–Crippen LogP) is -0.780. The largest absolute Gasteiger partial charge is 0.391 e. The molecule has 2 N–H and O–H groups in total. The summed E-state index contributed by atoms with van der Waals surface area (Å²) in [5, 5.41) is 19.5. The molecule has 19 heavy (non-hydrogen) atoms. The van der Waals surface area contributed by atoms with E-state index in [9.17, 15) is 14.7 Å². The van der Waals surface area contributed by atoms with Crippen LogP contribution in [0.2, 0.25) is 0 Å². The lowest BCUT2D eigenvalue weighted by atomic mass is 10.1. The number of piperidine rings is 1. The van der Waals surface area contributed by atoms with E-state index in [0.29, 0.717) is 18.9 Å². The normalized spacial score (nSPS) is 19.3. The van der Waals surface area contributed by atoms with E-state index in [4.69, 9.17) is 0 Å². The molecule has 8 nitrogen and oxygen atoms in total. The highest BCUT2D eigenvalue weighted by Crippen LogP contribution is 2.10. The van der Waals surface area contributed by atoms with E-state index in [0.717, 1.165) is 12.8 Å². The summed E-state index contributed by atoms with van der Waals surface area (Å²) in [6, 6.07) is 0. The van der Waals surface area contributed by atoms with Crippen molar-refractivity contribution in [2.75, 3.05) is 18.4 Å². The maximum absolute atomic E-state index is 12.0. The maximum Gasteiger partial charge on any atom is 0.244 e. The number of anilines is 1. The number of hydrogen-bond acceptors (Lipinski definition) is 5. The maximum atomic E-state index is 12.0. The second-order valence-corrected chi connectivity index (χ2v) is 4.62. The van der Waals surface area contributed by atoms with Crippen LogP contribution in [-0.2, 0) is 16.1 Å². The number of aromatic nitrogens is 3. The summed E-state index contributed by atoms with van der Waals surface area (Å²) >= 11 is 0. The lowest BCUT2D eigenvalue weighted by Crippen LogP contribution is -2.43. The number of aliphatic hydroxyl groups is 1. The summed E-state index contributed by atoms with van der Waals surface area (Å²) in [6.07, 6.45) is 2.60. The smallest absolute Gasteiger partial charge is 0.244 e. The Bertz CT molecular complexity index is 473. The van der Waals surface area contributed by atoms with Gasteiger partial charge in [0.15, 0.2) is 5.82 Å². The number of likely N-dealkylation sites (tertiary alicyclic amines) is 1. The molecule has 0 aliphatic carbocycles. The number of hydrogen-bond donors (Lipinski definition) is 2. The quantitative estimate of drug-likeness (QED) is 0.748. The number of β-amino-alcohol motifs (C(OH)–C–C–N with tert-alkyl or cyclic N) is 1. The van der Waals surface area contributed by atoms with Crippen LogP contribution in [0.5, 0.6) is 0 Å². The van der Waals surface area contributed by atoms with Crippen LogP contribution in [0, 0.1) is 0 Å². The molecular formula is C11H17N5O3. The molecular weight excluding hydrogens is 250 g/mol. The van der Waals surface area contributed by atoms with E-state index in [-0.39, 0.29) is 18.4 Å². The van der Waals surface area contributed by atoms with E-state index in [2.05, 4.69) is 15.6 Å². The summed E-state index contributed by atoms with van der Waals surface area (Å²) in [6.45, 7) is 2.45. The fourth-order valence-electron chi connectivity index (χ4n) is 2.03. The van der Waals surface area contributed by atoms with Crippen molar-refractivity contribution < 1.29 is 14.7 Å². The van der Waals surface area contributed by atoms with Gasteiger partial charge in [0.1, 0.15) is 6.54 Å². The summed E-state index contributed by atoms with van der Waals surface area (Å²) in [5.41, 5.74) is 0. The van der Waals surface area contributed by atoms with Crippen molar-refractivity contribution in [3.8, 4) is 0 Å². The van der Waals surface area contributed by atoms with E-state index in [1.165, 1.54) is 17.8 Å². The van der Waals surface area contributed by atoms with Crippen LogP contribution < -0.4 is 5.32 Å². The van der Waals surface area contributed by atoms with Gasteiger partial charge in [0.2, 0.25) is 11.8 Å². The molecule has 1 aliphatic rings. The minimum Gasteiger partial charge on any atom is -0.391 e. The van der Waals surface area contributed by atoms with Gasteiger partial charge in [0, 0.05) is 20.0 Å². The van der Waals surface area contributed by atoms with Gasteiger partial charge in [0.05, 0.1) is 12.3 Å². The zero-order chi connectivity index (χ0) is 13.8. The van der Waals surface area contributed by atoms with Gasteiger partial charge in [-0.1, -0.05) is 5.21 Å². The van der Waals surface area contributed by atoms with E-state index >= 15 is 0 Å². The first-order chi connectivity index (χ1) is 9.04. The van der Waals surface area contributed by atoms with Crippen LogP contribution in [0.25, 0.3) is 0 Å². The minimum atomic E-state index is -0.441. The number of rotatable bonds is 3. The molecule has 0 radical (unpaired) electrons. The fraction of sp³-hybridized carbons (Fsp3) is 0.636. The van der Waals surface area contributed by atoms with Crippen molar-refractivity contribution in [3.05, 3.63) is 6.20 Å². The third kappa shape index (κ3) is 3.75. The molecule has 0 spiro atoms. The number of nitrogens with one attached hydrogen (secondary N) is 1. The summed E-state index contributed by atoms with van der Waals surface area (Å²) in [7, 11) is 0. The Kier molecular flexibility index (Phi) is 4.10. The van der Waals surface area contributed by atoms with Gasteiger partial charge in [0.25, 0.3) is 0 Å². The number of carbonyl (C=O) groups is 2. The molecule has 0 saturated carbocycles. The van der Waals surface area contributed by atoms with Gasteiger partial charge in [-0.2, -0.15) is 0 Å². The van der Waals surface area contributed by atoms with Crippen LogP contribution in [0.1, 0.15) is 19.8 Å². The molecule has 2 amide bonds. The zero-order valence-corrected chi connectivity index (χ0v) is 10.7. The van der Waals surface area contributed by atoms with Crippen molar-refractivity contribution in [2.45, 2.75) is 32.4 Å². The minimum absolute atomic E-state index is 0.0549. The first kappa shape index (κ1) is 13.5. The second kappa shape index (κ2) is 5.79. The molecule has 0 aromatic carbocycles. The van der Waals surface area contributed by atoms with Crippen molar-refractivity contribution in [2.24, 2.45) is 0 Å². The highest BCUT2D eigenvalue weighted by Gasteiger charge is 2.22. The van der Waals surface area contributed by atoms with Crippen molar-refractivity contribution >= 4 is 17.6 Å². The van der Waals surface area contributed by atoms with E-state index in [1.54, 1.807) is 4.90 Å². The van der Waals surface area contributed by atoms with Crippen molar-refractivity contribution in [1.29, 1.82) is 0 Å². The van der Waals surface area contributed by atoms with Gasteiger partial charge in [-0.05, 0) is 12.8 Å². The van der Waals surface area contributed by atoms with Gasteiger partial charge >= 0.3 is 0 Å². The topological polar surface area (TPSA) is 100 Å². The molecule has 8 heteroatoms. The third-order valence-corrected chi connectivity index (χ3v) is 2.89. The molecule has 2 rings (SSSR count). The van der Waals surface area contributed by atoms with Crippen molar-refractivity contribution in [3.63, 3.8) is 0 Å². The van der Waals surface area contributed by atoms with Gasteiger partial charge in [-0.25, -0.2) is 4.68 Å². The molecule has 1 unspecified atom stereocenters. The average Bonchev–Trinajstić information content (AvgIpc) is 2.75. The zero-order valence-electron chi connectivity index (χ0n) is 10.7. The first-order valence-electron chi connectivity index (χ1n) is 6.18. The molecule has 1 fully saturated rings. The molecule has 1 aliphatic heterocycles. The molecule has 1 aromatic rings. The van der Waals surface area contributed by atoms with Gasteiger partial charge in [-0.3, -0.25) is 9.59 Å². The molecule has 2 heterocycles. The lowest BCUT2D eigenvalue weighted by molar-refractivity contribution is -0.135. The van der Waals surface area contributed by atoms with Crippen LogP contribution in [0.4, 0.5) is 5.82 Å². The number of amides is 2. The highest BCUT2D eigenvalue weighted by molar-refractivity contribution is 5.87.